The summed E-state index contributed by atoms with van der Waals surface area (Å²) in [6.07, 6.45) is 0.984. The van der Waals surface area contributed by atoms with Crippen LogP contribution < -0.4 is 0 Å². The molecule has 0 saturated heterocycles. The van der Waals surface area contributed by atoms with Crippen molar-refractivity contribution in [2.75, 3.05) is 0 Å². The van der Waals surface area contributed by atoms with Gasteiger partial charge in [-0.2, -0.15) is 5.26 Å². The molecule has 0 aromatic heterocycles. The molecular formula is C10H7NO4. The number of benzene rings is 1. The lowest BCUT2D eigenvalue weighted by molar-refractivity contribution is -0.132. The maximum atomic E-state index is 10.5. The number of aromatic hydroxyl groups is 2. The molecule has 0 heterocycles. The molecule has 1 aromatic carbocycles. The third-order valence-corrected chi connectivity index (χ3v) is 1.66. The Morgan fingerprint density at radius 3 is 2.60 bits per heavy atom. The average molecular weight is 205 g/mol. The van der Waals surface area contributed by atoms with Crippen LogP contribution in [0.15, 0.2) is 23.8 Å². The van der Waals surface area contributed by atoms with E-state index < -0.39 is 11.5 Å². The molecule has 0 atom stereocenters. The summed E-state index contributed by atoms with van der Waals surface area (Å²) in [5.41, 5.74) is -0.440. The number of rotatable bonds is 2. The van der Waals surface area contributed by atoms with Crippen LogP contribution in [0.4, 0.5) is 0 Å². The van der Waals surface area contributed by atoms with E-state index in [0.717, 1.165) is 12.1 Å². The van der Waals surface area contributed by atoms with E-state index >= 15 is 0 Å². The first-order valence-electron chi connectivity index (χ1n) is 3.91. The van der Waals surface area contributed by atoms with E-state index in [1.807, 2.05) is 0 Å². The van der Waals surface area contributed by atoms with Crippen LogP contribution in [0.3, 0.4) is 0 Å². The Balaban J connectivity index is 3.23. The number of phenols is 2. The smallest absolute Gasteiger partial charge is 0.346 e. The molecule has 5 heteroatoms. The predicted molar refractivity (Wildman–Crippen MR) is 51.0 cm³/mol. The van der Waals surface area contributed by atoms with Gasteiger partial charge in [-0.1, -0.05) is 0 Å². The fourth-order valence-corrected chi connectivity index (χ4v) is 0.955. The number of phenolic OH excluding ortho intramolecular Hbond substituents is 2. The fraction of sp³-hybridized carbons (Fsp3) is 0. The van der Waals surface area contributed by atoms with E-state index in [1.54, 1.807) is 0 Å². The monoisotopic (exact) mass is 205 g/mol. The largest absolute Gasteiger partial charge is 0.508 e. The van der Waals surface area contributed by atoms with Crippen molar-refractivity contribution in [2.24, 2.45) is 0 Å². The summed E-state index contributed by atoms with van der Waals surface area (Å²) in [4.78, 5) is 10.5. The van der Waals surface area contributed by atoms with Gasteiger partial charge >= 0.3 is 5.97 Å². The average Bonchev–Trinajstić information content (AvgIpc) is 2.18. The van der Waals surface area contributed by atoms with Gasteiger partial charge in [0, 0.05) is 5.56 Å². The van der Waals surface area contributed by atoms with E-state index in [-0.39, 0.29) is 17.1 Å². The topological polar surface area (TPSA) is 102 Å². The van der Waals surface area contributed by atoms with Crippen molar-refractivity contribution in [2.45, 2.75) is 0 Å². The second-order valence-electron chi connectivity index (χ2n) is 2.72. The van der Waals surface area contributed by atoms with Gasteiger partial charge in [-0.25, -0.2) is 4.79 Å². The molecule has 15 heavy (non-hydrogen) atoms. The summed E-state index contributed by atoms with van der Waals surface area (Å²) in [5, 5.41) is 35.4. The minimum Gasteiger partial charge on any atom is -0.508 e. The molecule has 1 rings (SSSR count). The summed E-state index contributed by atoms with van der Waals surface area (Å²) < 4.78 is 0. The minimum atomic E-state index is -1.39. The van der Waals surface area contributed by atoms with Crippen molar-refractivity contribution in [3.05, 3.63) is 29.3 Å². The Hall–Kier alpha value is -2.48. The molecule has 3 N–H and O–H groups in total. The van der Waals surface area contributed by atoms with Gasteiger partial charge in [0.05, 0.1) is 0 Å². The molecular weight excluding hydrogens is 198 g/mol. The van der Waals surface area contributed by atoms with Gasteiger partial charge in [0.1, 0.15) is 23.1 Å². The molecule has 0 aliphatic rings. The van der Waals surface area contributed by atoms with Crippen molar-refractivity contribution in [3.8, 4) is 17.6 Å². The number of nitriles is 1. The fourth-order valence-electron chi connectivity index (χ4n) is 0.955. The summed E-state index contributed by atoms with van der Waals surface area (Å²) in [5.74, 6) is -1.72. The van der Waals surface area contributed by atoms with Crippen LogP contribution in [-0.2, 0) is 4.79 Å². The van der Waals surface area contributed by atoms with Crippen molar-refractivity contribution in [1.82, 2.24) is 0 Å². The maximum Gasteiger partial charge on any atom is 0.346 e. The zero-order chi connectivity index (χ0) is 11.4. The van der Waals surface area contributed by atoms with E-state index in [4.69, 9.17) is 15.5 Å². The zero-order valence-corrected chi connectivity index (χ0v) is 7.51. The number of hydrogen-bond acceptors (Lipinski definition) is 4. The number of carboxylic acids is 1. The van der Waals surface area contributed by atoms with Gasteiger partial charge in [-0.15, -0.1) is 0 Å². The molecule has 0 spiro atoms. The third kappa shape index (κ3) is 2.48. The van der Waals surface area contributed by atoms with Crippen LogP contribution in [0.2, 0.25) is 0 Å². The third-order valence-electron chi connectivity index (χ3n) is 1.66. The van der Waals surface area contributed by atoms with Crippen LogP contribution in [0.25, 0.3) is 6.08 Å². The molecule has 0 amide bonds. The van der Waals surface area contributed by atoms with E-state index in [1.165, 1.54) is 18.2 Å². The molecule has 0 fully saturated rings. The normalized spacial score (nSPS) is 10.7. The molecule has 0 radical (unpaired) electrons. The lowest BCUT2D eigenvalue weighted by atomic mass is 10.1. The Morgan fingerprint density at radius 2 is 2.07 bits per heavy atom. The lowest BCUT2D eigenvalue weighted by Crippen LogP contribution is -1.97. The molecule has 5 nitrogen and oxygen atoms in total. The minimum absolute atomic E-state index is 0.0777. The highest BCUT2D eigenvalue weighted by Crippen LogP contribution is 2.24. The summed E-state index contributed by atoms with van der Waals surface area (Å²) in [6.45, 7) is 0. The lowest BCUT2D eigenvalue weighted by Gasteiger charge is -1.99. The Kier molecular flexibility index (Phi) is 2.94. The van der Waals surface area contributed by atoms with Gasteiger partial charge in [0.15, 0.2) is 0 Å². The molecule has 76 valence electrons. The van der Waals surface area contributed by atoms with Crippen LogP contribution in [0, 0.1) is 11.3 Å². The summed E-state index contributed by atoms with van der Waals surface area (Å²) >= 11 is 0. The standard InChI is InChI=1S/C10H7NO4/c11-5-7(10(14)15)3-6-4-8(12)1-2-9(6)13/h1-4,12-13H,(H,14,15)/b7-3+. The molecule has 0 unspecified atom stereocenters. The molecule has 0 aliphatic heterocycles. The number of aliphatic carboxylic acids is 1. The summed E-state index contributed by atoms with van der Waals surface area (Å²) in [6, 6.07) is 5.08. The maximum absolute atomic E-state index is 10.5. The van der Waals surface area contributed by atoms with Gasteiger partial charge in [0.25, 0.3) is 0 Å². The summed E-state index contributed by atoms with van der Waals surface area (Å²) in [7, 11) is 0. The molecule has 0 bridgehead atoms. The van der Waals surface area contributed by atoms with E-state index in [9.17, 15) is 9.90 Å². The highest BCUT2D eigenvalue weighted by atomic mass is 16.4. The Bertz CT molecular complexity index is 471. The predicted octanol–water partition coefficient (Wildman–Crippen LogP) is 1.09. The zero-order valence-electron chi connectivity index (χ0n) is 7.51. The quantitative estimate of drug-likeness (QED) is 0.381. The second kappa shape index (κ2) is 4.15. The van der Waals surface area contributed by atoms with E-state index in [0.29, 0.717) is 0 Å². The first kappa shape index (κ1) is 10.6. The van der Waals surface area contributed by atoms with Gasteiger partial charge in [0.2, 0.25) is 0 Å². The molecule has 0 saturated carbocycles. The SMILES string of the molecule is N#C/C(=C\c1cc(O)ccc1O)C(=O)O. The van der Waals surface area contributed by atoms with Crippen LogP contribution in [0.1, 0.15) is 5.56 Å². The van der Waals surface area contributed by atoms with Crippen LogP contribution in [0.5, 0.6) is 11.5 Å². The Morgan fingerprint density at radius 1 is 1.40 bits per heavy atom. The van der Waals surface area contributed by atoms with Gasteiger partial charge in [-0.05, 0) is 24.3 Å². The van der Waals surface area contributed by atoms with Gasteiger partial charge < -0.3 is 15.3 Å². The highest BCUT2D eigenvalue weighted by Gasteiger charge is 2.08. The van der Waals surface area contributed by atoms with Crippen molar-refractivity contribution >= 4 is 12.0 Å². The second-order valence-corrected chi connectivity index (χ2v) is 2.72. The highest BCUT2D eigenvalue weighted by molar-refractivity contribution is 5.96. The number of carboxylic acid groups (broad SMARTS) is 1. The van der Waals surface area contributed by atoms with Gasteiger partial charge in [-0.3, -0.25) is 0 Å². The number of hydrogen-bond donors (Lipinski definition) is 3. The molecule has 1 aromatic rings. The van der Waals surface area contributed by atoms with Crippen molar-refractivity contribution < 1.29 is 20.1 Å². The first-order valence-corrected chi connectivity index (χ1v) is 3.91. The Labute approximate surface area is 85.1 Å². The number of nitrogens with zero attached hydrogens (tertiary/aromatic N) is 1. The van der Waals surface area contributed by atoms with Crippen molar-refractivity contribution in [1.29, 1.82) is 5.26 Å². The first-order chi connectivity index (χ1) is 7.04. The van der Waals surface area contributed by atoms with Crippen LogP contribution >= 0.6 is 0 Å². The van der Waals surface area contributed by atoms with Crippen molar-refractivity contribution in [3.63, 3.8) is 0 Å². The molecule has 0 aliphatic carbocycles. The van der Waals surface area contributed by atoms with E-state index in [2.05, 4.69) is 0 Å². The number of carbonyl (C=O) groups is 1. The van der Waals surface area contributed by atoms with Crippen LogP contribution in [-0.4, -0.2) is 21.3 Å².